The summed E-state index contributed by atoms with van der Waals surface area (Å²) >= 11 is 5.18. The minimum Gasteiger partial charge on any atom is -0.389 e. The average molecular weight is 292 g/mol. The normalized spacial score (nSPS) is 19.9. The molecule has 1 aliphatic heterocycles. The minimum absolute atomic E-state index is 0.417. The van der Waals surface area contributed by atoms with Crippen LogP contribution >= 0.6 is 12.2 Å². The highest BCUT2D eigenvalue weighted by Crippen LogP contribution is 2.22. The summed E-state index contributed by atoms with van der Waals surface area (Å²) in [6.45, 7) is 9.59. The first-order valence-electron chi connectivity index (χ1n) is 7.28. The monoisotopic (exact) mass is 292 g/mol. The minimum atomic E-state index is 0.417. The van der Waals surface area contributed by atoms with Gasteiger partial charge in [-0.1, -0.05) is 19.1 Å². The van der Waals surface area contributed by atoms with Crippen LogP contribution < -0.4 is 11.1 Å². The summed E-state index contributed by atoms with van der Waals surface area (Å²) in [5.41, 5.74) is 8.84. The fraction of sp³-hybridized carbons (Fsp3) is 0.600. The fourth-order valence-electron chi connectivity index (χ4n) is 2.91. The van der Waals surface area contributed by atoms with Crippen LogP contribution in [-0.2, 0) is 0 Å². The summed E-state index contributed by atoms with van der Waals surface area (Å²) in [6.07, 6.45) is 2.39. The summed E-state index contributed by atoms with van der Waals surface area (Å²) < 4.78 is 0. The molecule has 1 aliphatic rings. The van der Waals surface area contributed by atoms with E-state index in [-0.39, 0.29) is 0 Å². The molecule has 4 nitrogen and oxygen atoms in total. The largest absolute Gasteiger partial charge is 0.389 e. The van der Waals surface area contributed by atoms with Gasteiger partial charge in [0.2, 0.25) is 0 Å². The second-order valence-electron chi connectivity index (χ2n) is 5.55. The number of nitrogens with one attached hydrogen (secondary N) is 1. The summed E-state index contributed by atoms with van der Waals surface area (Å²) in [5.74, 6) is 0.845. The van der Waals surface area contributed by atoms with E-state index >= 15 is 0 Å². The second kappa shape index (κ2) is 6.50. The molecule has 0 spiro atoms. The van der Waals surface area contributed by atoms with Crippen molar-refractivity contribution in [3.05, 3.63) is 22.9 Å². The number of likely N-dealkylation sites (tertiary alicyclic amines) is 1. The Morgan fingerprint density at radius 1 is 1.55 bits per heavy atom. The van der Waals surface area contributed by atoms with Crippen molar-refractivity contribution in [3.63, 3.8) is 0 Å². The smallest absolute Gasteiger partial charge is 0.137 e. The van der Waals surface area contributed by atoms with Crippen molar-refractivity contribution in [2.75, 3.05) is 25.0 Å². The first kappa shape index (κ1) is 15.2. The Kier molecular flexibility index (Phi) is 4.94. The molecule has 1 aromatic heterocycles. The van der Waals surface area contributed by atoms with Crippen LogP contribution in [0.2, 0.25) is 0 Å². The van der Waals surface area contributed by atoms with Crippen LogP contribution in [0.3, 0.4) is 0 Å². The molecule has 0 bridgehead atoms. The Hall–Kier alpha value is -1.20. The topological polar surface area (TPSA) is 54.2 Å². The molecule has 5 heteroatoms. The van der Waals surface area contributed by atoms with Crippen LogP contribution in [0, 0.1) is 13.8 Å². The Morgan fingerprint density at radius 3 is 2.95 bits per heavy atom. The van der Waals surface area contributed by atoms with E-state index in [9.17, 15) is 0 Å². The Labute approximate surface area is 126 Å². The van der Waals surface area contributed by atoms with Crippen LogP contribution in [0.25, 0.3) is 0 Å². The number of aromatic nitrogens is 1. The molecular formula is C15H24N4S. The maximum Gasteiger partial charge on any atom is 0.137 e. The lowest BCUT2D eigenvalue weighted by Gasteiger charge is -2.33. The second-order valence-corrected chi connectivity index (χ2v) is 5.98. The van der Waals surface area contributed by atoms with Gasteiger partial charge < -0.3 is 16.0 Å². The van der Waals surface area contributed by atoms with Gasteiger partial charge in [0.1, 0.15) is 10.8 Å². The summed E-state index contributed by atoms with van der Waals surface area (Å²) in [7, 11) is 0. The van der Waals surface area contributed by atoms with Gasteiger partial charge in [-0.25, -0.2) is 4.98 Å². The summed E-state index contributed by atoms with van der Waals surface area (Å²) in [6, 6.07) is 2.45. The molecule has 1 atom stereocenters. The van der Waals surface area contributed by atoms with Crippen molar-refractivity contribution < 1.29 is 0 Å². The molecule has 0 amide bonds. The van der Waals surface area contributed by atoms with Crippen LogP contribution in [0.15, 0.2) is 6.07 Å². The number of nitrogens with two attached hydrogens (primary N) is 1. The zero-order chi connectivity index (χ0) is 14.7. The third-order valence-corrected chi connectivity index (χ3v) is 4.09. The van der Waals surface area contributed by atoms with E-state index < -0.39 is 0 Å². The van der Waals surface area contributed by atoms with Crippen LogP contribution in [-0.4, -0.2) is 40.5 Å². The third kappa shape index (κ3) is 3.46. The zero-order valence-corrected chi connectivity index (χ0v) is 13.4. The third-order valence-electron chi connectivity index (χ3n) is 3.88. The molecule has 20 heavy (non-hydrogen) atoms. The molecule has 110 valence electrons. The predicted molar refractivity (Wildman–Crippen MR) is 88.4 cm³/mol. The average Bonchev–Trinajstić information content (AvgIpc) is 2.37. The van der Waals surface area contributed by atoms with Gasteiger partial charge in [-0.2, -0.15) is 0 Å². The highest BCUT2D eigenvalue weighted by Gasteiger charge is 2.21. The summed E-state index contributed by atoms with van der Waals surface area (Å²) in [4.78, 5) is 7.48. The maximum atomic E-state index is 5.87. The van der Waals surface area contributed by atoms with Gasteiger partial charge >= 0.3 is 0 Å². The number of anilines is 1. The standard InChI is InChI=1S/C15H24N4S/c1-4-19-7-5-6-12(9-19)18-15-13(14(16)20)10(2)8-11(3)17-15/h8,12H,4-7,9H2,1-3H3,(H2,16,20)(H,17,18). The number of pyridine rings is 1. The van der Waals surface area contributed by atoms with Crippen LogP contribution in [0.1, 0.15) is 36.6 Å². The van der Waals surface area contributed by atoms with Gasteiger partial charge in [-0.15, -0.1) is 0 Å². The first-order chi connectivity index (χ1) is 9.51. The predicted octanol–water partition coefficient (Wildman–Crippen LogP) is 2.23. The van der Waals surface area contributed by atoms with E-state index in [1.807, 2.05) is 19.9 Å². The molecule has 0 aliphatic carbocycles. The van der Waals surface area contributed by atoms with Gasteiger partial charge in [0.25, 0.3) is 0 Å². The Bertz CT molecular complexity index is 501. The number of hydrogen-bond acceptors (Lipinski definition) is 4. The Morgan fingerprint density at radius 2 is 2.30 bits per heavy atom. The van der Waals surface area contributed by atoms with Crippen molar-refractivity contribution in [2.24, 2.45) is 5.73 Å². The molecule has 1 aromatic rings. The molecule has 1 unspecified atom stereocenters. The van der Waals surface area contributed by atoms with Gasteiger partial charge in [0, 0.05) is 18.3 Å². The maximum absolute atomic E-state index is 5.87. The van der Waals surface area contributed by atoms with E-state index in [1.54, 1.807) is 0 Å². The van der Waals surface area contributed by atoms with Crippen molar-refractivity contribution in [1.29, 1.82) is 0 Å². The van der Waals surface area contributed by atoms with Crippen molar-refractivity contribution in [1.82, 2.24) is 9.88 Å². The number of thiocarbonyl (C=S) groups is 1. The lowest BCUT2D eigenvalue weighted by molar-refractivity contribution is 0.226. The number of rotatable bonds is 4. The molecular weight excluding hydrogens is 268 g/mol. The molecule has 0 saturated carbocycles. The van der Waals surface area contributed by atoms with E-state index in [4.69, 9.17) is 18.0 Å². The first-order valence-corrected chi connectivity index (χ1v) is 7.69. The van der Waals surface area contributed by atoms with Gasteiger partial charge in [0.05, 0.1) is 5.56 Å². The molecule has 2 heterocycles. The molecule has 0 aromatic carbocycles. The lowest BCUT2D eigenvalue weighted by Crippen LogP contribution is -2.42. The van der Waals surface area contributed by atoms with Crippen molar-refractivity contribution >= 4 is 23.0 Å². The summed E-state index contributed by atoms with van der Waals surface area (Å²) in [5, 5.41) is 3.56. The van der Waals surface area contributed by atoms with Crippen LogP contribution in [0.4, 0.5) is 5.82 Å². The van der Waals surface area contributed by atoms with Gasteiger partial charge in [0.15, 0.2) is 0 Å². The van der Waals surface area contributed by atoms with E-state index in [0.29, 0.717) is 11.0 Å². The van der Waals surface area contributed by atoms with Crippen molar-refractivity contribution in [2.45, 2.75) is 39.7 Å². The van der Waals surface area contributed by atoms with E-state index in [2.05, 4.69) is 22.1 Å². The number of likely N-dealkylation sites (N-methyl/N-ethyl adjacent to an activating group) is 1. The highest BCUT2D eigenvalue weighted by molar-refractivity contribution is 7.80. The molecule has 1 saturated heterocycles. The van der Waals surface area contributed by atoms with Crippen molar-refractivity contribution in [3.8, 4) is 0 Å². The fourth-order valence-corrected chi connectivity index (χ4v) is 3.16. The number of nitrogens with zero attached hydrogens (tertiary/aromatic N) is 2. The number of hydrogen-bond donors (Lipinski definition) is 2. The molecule has 1 fully saturated rings. The van der Waals surface area contributed by atoms with Crippen LogP contribution in [0.5, 0.6) is 0 Å². The van der Waals surface area contributed by atoms with E-state index in [0.717, 1.165) is 35.7 Å². The molecule has 3 N–H and O–H groups in total. The quantitative estimate of drug-likeness (QED) is 0.834. The number of piperidine rings is 1. The lowest BCUT2D eigenvalue weighted by atomic mass is 10.0. The van der Waals surface area contributed by atoms with E-state index in [1.165, 1.54) is 19.4 Å². The van der Waals surface area contributed by atoms with Gasteiger partial charge in [-0.3, -0.25) is 0 Å². The number of aryl methyl sites for hydroxylation is 2. The SMILES string of the molecule is CCN1CCCC(Nc2nc(C)cc(C)c2C(N)=S)C1. The van der Waals surface area contributed by atoms with Gasteiger partial charge in [-0.05, 0) is 51.4 Å². The Balaban J connectivity index is 2.22. The molecule has 0 radical (unpaired) electrons. The molecule has 2 rings (SSSR count). The zero-order valence-electron chi connectivity index (χ0n) is 12.6. The highest BCUT2D eigenvalue weighted by atomic mass is 32.1.